The highest BCUT2D eigenvalue weighted by Crippen LogP contribution is 2.28. The van der Waals surface area contributed by atoms with Crippen molar-refractivity contribution in [2.45, 2.75) is 29.8 Å². The van der Waals surface area contributed by atoms with Crippen LogP contribution in [0.1, 0.15) is 0 Å². The van der Waals surface area contributed by atoms with Crippen LogP contribution >= 0.6 is 11.6 Å². The molecule has 5 atom stereocenters. The van der Waals surface area contributed by atoms with Crippen molar-refractivity contribution in [3.8, 4) is 0 Å². The normalized spacial score (nSPS) is 40.9. The number of hydrogen-bond donors (Lipinski definition) is 3. The summed E-state index contributed by atoms with van der Waals surface area (Å²) in [7, 11) is 5.25. The Labute approximate surface area is 91.4 Å². The highest BCUT2D eigenvalue weighted by atomic mass is 32.2. The van der Waals surface area contributed by atoms with Crippen LogP contribution in [0.25, 0.3) is 10.4 Å². The lowest BCUT2D eigenvalue weighted by Gasteiger charge is -2.40. The molecular weight excluding hydrogens is 221 g/mol. The zero-order valence-electron chi connectivity index (χ0n) is 7.67. The third-order valence-corrected chi connectivity index (χ3v) is 2.83. The topological polar surface area (TPSA) is 119 Å². The fraction of sp³-hybridized carbons (Fsp3) is 1.00. The molecule has 2 radical (unpaired) electrons. The third-order valence-electron chi connectivity index (χ3n) is 2.17. The lowest BCUT2D eigenvalue weighted by Crippen LogP contribution is -2.56. The first-order valence-corrected chi connectivity index (χ1v) is 5.12. The van der Waals surface area contributed by atoms with Gasteiger partial charge < -0.3 is 20.1 Å². The molecule has 1 rings (SSSR count). The van der Waals surface area contributed by atoms with Crippen molar-refractivity contribution >= 4 is 18.7 Å². The number of ether oxygens (including phenoxy) is 1. The van der Waals surface area contributed by atoms with Crippen molar-refractivity contribution in [3.05, 3.63) is 10.4 Å². The molecule has 1 fully saturated rings. The summed E-state index contributed by atoms with van der Waals surface area (Å²) in [6.45, 7) is -0.442. The van der Waals surface area contributed by atoms with E-state index in [4.69, 9.17) is 22.5 Å². The van der Waals surface area contributed by atoms with Gasteiger partial charge in [-0.15, -0.1) is 0 Å². The van der Waals surface area contributed by atoms with Gasteiger partial charge in [0.2, 0.25) is 0 Å². The summed E-state index contributed by atoms with van der Waals surface area (Å²) in [6, 6.07) is -1.07. The number of nitrogens with zero attached hydrogens (tertiary/aromatic N) is 3. The maximum Gasteiger partial charge on any atom is 0.165 e. The average Bonchev–Trinajstić information content (AvgIpc) is 2.25. The molecule has 82 valence electrons. The largest absolute Gasteiger partial charge is 0.394 e. The van der Waals surface area contributed by atoms with Crippen LogP contribution in [0.15, 0.2) is 5.11 Å². The molecule has 2 unspecified atom stereocenters. The van der Waals surface area contributed by atoms with Crippen molar-refractivity contribution < 1.29 is 20.1 Å². The number of rotatable bonds is 3. The Kier molecular flexibility index (Phi) is 4.71. The zero-order chi connectivity index (χ0) is 11.4. The Morgan fingerprint density at radius 1 is 1.47 bits per heavy atom. The van der Waals surface area contributed by atoms with Gasteiger partial charge in [0.25, 0.3) is 0 Å². The standard InChI is InChI=1S/C6H10BN3O4S/c7-15-6-5(13)3(9-10-8)4(12)2(1-11)14-6/h2-6,11-13H,1H2/t2?,3-,4-,5?,6+/m0/s1. The van der Waals surface area contributed by atoms with E-state index in [1.54, 1.807) is 0 Å². The predicted molar refractivity (Wildman–Crippen MR) is 54.0 cm³/mol. The highest BCUT2D eigenvalue weighted by Gasteiger charge is 2.43. The first-order chi connectivity index (χ1) is 7.15. The molecule has 0 bridgehead atoms. The fourth-order valence-corrected chi connectivity index (χ4v) is 1.90. The van der Waals surface area contributed by atoms with E-state index in [-0.39, 0.29) is 0 Å². The van der Waals surface area contributed by atoms with E-state index in [2.05, 4.69) is 10.0 Å². The Morgan fingerprint density at radius 2 is 2.13 bits per heavy atom. The smallest absolute Gasteiger partial charge is 0.165 e. The second-order valence-corrected chi connectivity index (χ2v) is 3.78. The maximum atomic E-state index is 9.61. The van der Waals surface area contributed by atoms with Gasteiger partial charge in [0.05, 0.1) is 24.9 Å². The summed E-state index contributed by atoms with van der Waals surface area (Å²) in [6.07, 6.45) is -3.36. The van der Waals surface area contributed by atoms with Crippen LogP contribution in [0.4, 0.5) is 0 Å². The van der Waals surface area contributed by atoms with Crippen LogP contribution in [0.5, 0.6) is 0 Å². The number of azide groups is 1. The van der Waals surface area contributed by atoms with Gasteiger partial charge in [-0.25, -0.2) is 0 Å². The predicted octanol–water partition coefficient (Wildman–Crippen LogP) is -1.08. The molecule has 0 aromatic rings. The van der Waals surface area contributed by atoms with Crippen LogP contribution in [0.2, 0.25) is 0 Å². The molecule has 0 aromatic carbocycles. The molecule has 9 heteroatoms. The average molecular weight is 231 g/mol. The summed E-state index contributed by atoms with van der Waals surface area (Å²) >= 11 is 0.727. The van der Waals surface area contributed by atoms with E-state index < -0.39 is 36.4 Å². The van der Waals surface area contributed by atoms with Crippen LogP contribution in [0.3, 0.4) is 0 Å². The number of aliphatic hydroxyl groups excluding tert-OH is 3. The molecule has 3 N–H and O–H groups in total. The first-order valence-electron chi connectivity index (χ1n) is 4.18. The van der Waals surface area contributed by atoms with Crippen molar-refractivity contribution in [1.82, 2.24) is 0 Å². The van der Waals surface area contributed by atoms with Gasteiger partial charge in [-0.2, -0.15) is 11.6 Å². The fourth-order valence-electron chi connectivity index (χ4n) is 1.38. The molecule has 1 aliphatic rings. The van der Waals surface area contributed by atoms with Crippen molar-refractivity contribution in [2.24, 2.45) is 5.11 Å². The maximum absolute atomic E-state index is 9.61. The molecule has 15 heavy (non-hydrogen) atoms. The van der Waals surface area contributed by atoms with Gasteiger partial charge in [-0.05, 0) is 5.53 Å². The van der Waals surface area contributed by atoms with Crippen LogP contribution in [-0.2, 0) is 4.74 Å². The van der Waals surface area contributed by atoms with E-state index in [0.29, 0.717) is 0 Å². The van der Waals surface area contributed by atoms with E-state index in [9.17, 15) is 10.2 Å². The number of aliphatic hydroxyl groups is 3. The van der Waals surface area contributed by atoms with Crippen molar-refractivity contribution in [3.63, 3.8) is 0 Å². The van der Waals surface area contributed by atoms with E-state index in [1.807, 2.05) is 0 Å². The Balaban J connectivity index is 2.85. The van der Waals surface area contributed by atoms with Crippen molar-refractivity contribution in [1.29, 1.82) is 0 Å². The molecule has 0 amide bonds. The monoisotopic (exact) mass is 231 g/mol. The van der Waals surface area contributed by atoms with E-state index in [1.165, 1.54) is 0 Å². The molecule has 0 aromatic heterocycles. The molecule has 7 nitrogen and oxygen atoms in total. The van der Waals surface area contributed by atoms with Crippen LogP contribution in [0, 0.1) is 0 Å². The molecule has 0 aliphatic carbocycles. The second-order valence-electron chi connectivity index (χ2n) is 3.04. The summed E-state index contributed by atoms with van der Waals surface area (Å²) in [4.78, 5) is 2.52. The third kappa shape index (κ3) is 2.57. The molecule has 0 spiro atoms. The summed E-state index contributed by atoms with van der Waals surface area (Å²) in [5.41, 5.74) is 7.43. The van der Waals surface area contributed by atoms with Gasteiger partial charge in [0, 0.05) is 4.91 Å². The lowest BCUT2D eigenvalue weighted by molar-refractivity contribution is -0.159. The molecular formula is C6H10BN3O4S. The minimum Gasteiger partial charge on any atom is -0.394 e. The Hall–Kier alpha value is -0.435. The summed E-state index contributed by atoms with van der Waals surface area (Å²) in [5, 5.41) is 31.4. The summed E-state index contributed by atoms with van der Waals surface area (Å²) < 4.78 is 5.09. The van der Waals surface area contributed by atoms with Gasteiger partial charge in [-0.1, -0.05) is 5.11 Å². The van der Waals surface area contributed by atoms with Crippen LogP contribution in [-0.4, -0.2) is 58.8 Å². The highest BCUT2D eigenvalue weighted by molar-refractivity contribution is 8.20. The van der Waals surface area contributed by atoms with Gasteiger partial charge >= 0.3 is 0 Å². The van der Waals surface area contributed by atoms with Crippen molar-refractivity contribution in [2.75, 3.05) is 6.61 Å². The zero-order valence-corrected chi connectivity index (χ0v) is 8.49. The van der Waals surface area contributed by atoms with E-state index >= 15 is 0 Å². The molecule has 1 saturated heterocycles. The summed E-state index contributed by atoms with van der Waals surface area (Å²) in [5.74, 6) is 0. The Bertz CT molecular complexity index is 249. The number of hydrogen-bond acceptors (Lipinski definition) is 6. The SMILES string of the molecule is [B]S[C@H]1OC(CO)[C@H](O)[C@H](N=[N+]=[N-])C1O. The minimum absolute atomic E-state index is 0.442. The van der Waals surface area contributed by atoms with Gasteiger partial charge in [0.1, 0.15) is 11.5 Å². The molecule has 1 aliphatic heterocycles. The van der Waals surface area contributed by atoms with E-state index in [0.717, 1.165) is 11.6 Å². The van der Waals surface area contributed by atoms with Gasteiger partial charge in [0.15, 0.2) is 7.12 Å². The van der Waals surface area contributed by atoms with Crippen LogP contribution < -0.4 is 0 Å². The Morgan fingerprint density at radius 3 is 2.60 bits per heavy atom. The first kappa shape index (κ1) is 12.6. The lowest BCUT2D eigenvalue weighted by atomic mass is 9.98. The minimum atomic E-state index is -1.25. The van der Waals surface area contributed by atoms with Gasteiger partial charge in [-0.3, -0.25) is 0 Å². The quantitative estimate of drug-likeness (QED) is 0.247. The molecule has 0 saturated carbocycles. The molecule has 1 heterocycles. The second kappa shape index (κ2) is 5.59.